The molecule has 0 aliphatic heterocycles. The van der Waals surface area contributed by atoms with Gasteiger partial charge in [-0.25, -0.2) is 4.98 Å². The van der Waals surface area contributed by atoms with Crippen molar-refractivity contribution in [3.63, 3.8) is 0 Å². The summed E-state index contributed by atoms with van der Waals surface area (Å²) < 4.78 is 5.63. The van der Waals surface area contributed by atoms with Crippen LogP contribution in [0.5, 0.6) is 0 Å². The minimum atomic E-state index is -0.171. The van der Waals surface area contributed by atoms with Crippen molar-refractivity contribution in [2.24, 2.45) is 0 Å². The van der Waals surface area contributed by atoms with Gasteiger partial charge < -0.3 is 9.73 Å². The molecule has 6 heteroatoms. The fourth-order valence-electron chi connectivity index (χ4n) is 1.97. The molecule has 0 bridgehead atoms. The topological polar surface area (TPSA) is 83.8 Å². The van der Waals surface area contributed by atoms with Crippen LogP contribution in [-0.4, -0.2) is 21.1 Å². The molecule has 6 nitrogen and oxygen atoms in total. The number of hydrogen-bond acceptors (Lipinski definition) is 4. The maximum Gasteiger partial charge on any atom is 0.231 e. The number of nitrogens with one attached hydrogen (secondary N) is 2. The lowest BCUT2D eigenvalue weighted by molar-refractivity contribution is -0.115. The molecule has 2 N–H and O–H groups in total. The summed E-state index contributed by atoms with van der Waals surface area (Å²) >= 11 is 0. The molecule has 3 aromatic rings. The van der Waals surface area contributed by atoms with Crippen LogP contribution in [0.3, 0.4) is 0 Å². The zero-order valence-electron chi connectivity index (χ0n) is 11.5. The van der Waals surface area contributed by atoms with Crippen LogP contribution in [0.2, 0.25) is 0 Å². The van der Waals surface area contributed by atoms with E-state index in [4.69, 9.17) is 4.42 Å². The molecule has 106 valence electrons. The summed E-state index contributed by atoms with van der Waals surface area (Å²) in [5.41, 5.74) is 1.52. The molecular weight excluding hydrogens is 268 g/mol. The lowest BCUT2D eigenvalue weighted by Gasteiger charge is -2.00. The molecule has 0 unspecified atom stereocenters. The van der Waals surface area contributed by atoms with E-state index in [1.165, 1.54) is 0 Å². The zero-order chi connectivity index (χ0) is 14.7. The Balaban J connectivity index is 1.74. The van der Waals surface area contributed by atoms with E-state index in [-0.39, 0.29) is 12.3 Å². The monoisotopic (exact) mass is 282 g/mol. The number of oxazole rings is 1. The SMILES string of the molecule is Cc1oc(-c2ccccc2)nc1CC(=O)Nc1ccn[nH]1. The van der Waals surface area contributed by atoms with Crippen molar-refractivity contribution in [1.82, 2.24) is 15.2 Å². The third-order valence-corrected chi connectivity index (χ3v) is 3.02. The zero-order valence-corrected chi connectivity index (χ0v) is 11.5. The van der Waals surface area contributed by atoms with E-state index in [1.807, 2.05) is 30.3 Å². The molecule has 21 heavy (non-hydrogen) atoms. The van der Waals surface area contributed by atoms with Crippen LogP contribution in [-0.2, 0) is 11.2 Å². The van der Waals surface area contributed by atoms with Crippen molar-refractivity contribution in [2.45, 2.75) is 13.3 Å². The second-order valence-corrected chi connectivity index (χ2v) is 4.58. The van der Waals surface area contributed by atoms with E-state index in [0.29, 0.717) is 23.2 Å². The van der Waals surface area contributed by atoms with E-state index in [2.05, 4.69) is 20.5 Å². The molecule has 2 heterocycles. The van der Waals surface area contributed by atoms with Gasteiger partial charge in [0.25, 0.3) is 0 Å². The Bertz CT molecular complexity index is 732. The van der Waals surface area contributed by atoms with Gasteiger partial charge in [-0.05, 0) is 19.1 Å². The minimum Gasteiger partial charge on any atom is -0.441 e. The standard InChI is InChI=1S/C15H14N4O2/c1-10-12(9-14(20)18-13-7-8-16-19-13)17-15(21-10)11-5-3-2-4-6-11/h2-8H,9H2,1H3,(H2,16,18,19,20). The largest absolute Gasteiger partial charge is 0.441 e. The molecule has 0 atom stereocenters. The molecule has 2 aromatic heterocycles. The van der Waals surface area contributed by atoms with Gasteiger partial charge in [0.2, 0.25) is 11.8 Å². The van der Waals surface area contributed by atoms with Crippen LogP contribution in [0, 0.1) is 6.92 Å². The first-order chi connectivity index (χ1) is 10.2. The molecule has 0 saturated heterocycles. The Labute approximate surface area is 121 Å². The van der Waals surface area contributed by atoms with Crippen molar-refractivity contribution < 1.29 is 9.21 Å². The van der Waals surface area contributed by atoms with Crippen LogP contribution >= 0.6 is 0 Å². The lowest BCUT2D eigenvalue weighted by atomic mass is 10.2. The lowest BCUT2D eigenvalue weighted by Crippen LogP contribution is -2.15. The highest BCUT2D eigenvalue weighted by molar-refractivity contribution is 5.91. The minimum absolute atomic E-state index is 0.154. The Morgan fingerprint density at radius 1 is 1.29 bits per heavy atom. The number of hydrogen-bond donors (Lipinski definition) is 2. The molecular formula is C15H14N4O2. The summed E-state index contributed by atoms with van der Waals surface area (Å²) in [6.45, 7) is 1.80. The van der Waals surface area contributed by atoms with E-state index < -0.39 is 0 Å². The molecule has 0 saturated carbocycles. The summed E-state index contributed by atoms with van der Waals surface area (Å²) in [5, 5.41) is 9.15. The van der Waals surface area contributed by atoms with Gasteiger partial charge >= 0.3 is 0 Å². The van der Waals surface area contributed by atoms with Gasteiger partial charge in [0, 0.05) is 11.6 Å². The van der Waals surface area contributed by atoms with Gasteiger partial charge in [-0.2, -0.15) is 5.10 Å². The second-order valence-electron chi connectivity index (χ2n) is 4.58. The Kier molecular flexibility index (Phi) is 3.51. The summed E-state index contributed by atoms with van der Waals surface area (Å²) in [6, 6.07) is 11.3. The number of carbonyl (C=O) groups is 1. The van der Waals surface area contributed by atoms with E-state index in [0.717, 1.165) is 5.56 Å². The molecule has 1 aromatic carbocycles. The fraction of sp³-hybridized carbons (Fsp3) is 0.133. The normalized spacial score (nSPS) is 10.5. The highest BCUT2D eigenvalue weighted by atomic mass is 16.4. The molecule has 0 spiro atoms. The number of nitrogens with zero attached hydrogens (tertiary/aromatic N) is 2. The Morgan fingerprint density at radius 3 is 2.81 bits per heavy atom. The van der Waals surface area contributed by atoms with Crippen molar-refractivity contribution in [3.05, 3.63) is 54.0 Å². The van der Waals surface area contributed by atoms with Gasteiger partial charge in [-0.1, -0.05) is 18.2 Å². The third kappa shape index (κ3) is 3.00. The number of benzene rings is 1. The van der Waals surface area contributed by atoms with Crippen molar-refractivity contribution in [3.8, 4) is 11.5 Å². The van der Waals surface area contributed by atoms with Gasteiger partial charge in [-0.15, -0.1) is 0 Å². The maximum atomic E-state index is 11.9. The highest BCUT2D eigenvalue weighted by Crippen LogP contribution is 2.21. The van der Waals surface area contributed by atoms with Gasteiger partial charge in [-0.3, -0.25) is 9.89 Å². The smallest absolute Gasteiger partial charge is 0.231 e. The quantitative estimate of drug-likeness (QED) is 0.770. The second kappa shape index (κ2) is 5.62. The van der Waals surface area contributed by atoms with Crippen molar-refractivity contribution in [2.75, 3.05) is 5.32 Å². The number of aryl methyl sites for hydroxylation is 1. The van der Waals surface area contributed by atoms with Crippen LogP contribution in [0.25, 0.3) is 11.5 Å². The van der Waals surface area contributed by atoms with Gasteiger partial charge in [0.1, 0.15) is 11.6 Å². The number of carbonyl (C=O) groups excluding carboxylic acids is 1. The number of H-pyrrole nitrogens is 1. The summed E-state index contributed by atoms with van der Waals surface area (Å²) in [7, 11) is 0. The molecule has 0 radical (unpaired) electrons. The van der Waals surface area contributed by atoms with E-state index in [1.54, 1.807) is 19.2 Å². The van der Waals surface area contributed by atoms with Crippen LogP contribution in [0.1, 0.15) is 11.5 Å². The average molecular weight is 282 g/mol. The molecule has 3 rings (SSSR count). The van der Waals surface area contributed by atoms with Gasteiger partial charge in [0.05, 0.1) is 18.3 Å². The first-order valence-electron chi connectivity index (χ1n) is 6.53. The Hall–Kier alpha value is -2.89. The van der Waals surface area contributed by atoms with Crippen molar-refractivity contribution >= 4 is 11.7 Å². The summed E-state index contributed by atoms with van der Waals surface area (Å²) in [6.07, 6.45) is 1.73. The predicted octanol–water partition coefficient (Wildman–Crippen LogP) is 2.55. The molecule has 1 amide bonds. The number of aromatic nitrogens is 3. The number of anilines is 1. The van der Waals surface area contributed by atoms with Crippen LogP contribution in [0.15, 0.2) is 47.0 Å². The van der Waals surface area contributed by atoms with Crippen LogP contribution < -0.4 is 5.32 Å². The van der Waals surface area contributed by atoms with Crippen LogP contribution in [0.4, 0.5) is 5.82 Å². The Morgan fingerprint density at radius 2 is 2.10 bits per heavy atom. The van der Waals surface area contributed by atoms with Crippen molar-refractivity contribution in [1.29, 1.82) is 0 Å². The average Bonchev–Trinajstić information content (AvgIpc) is 3.11. The third-order valence-electron chi connectivity index (χ3n) is 3.02. The van der Waals surface area contributed by atoms with Gasteiger partial charge in [0.15, 0.2) is 0 Å². The molecule has 0 fully saturated rings. The molecule has 0 aliphatic carbocycles. The van der Waals surface area contributed by atoms with E-state index >= 15 is 0 Å². The number of aromatic amines is 1. The molecule has 0 aliphatic rings. The first-order valence-corrected chi connectivity index (χ1v) is 6.53. The fourth-order valence-corrected chi connectivity index (χ4v) is 1.97. The maximum absolute atomic E-state index is 11.9. The number of amides is 1. The predicted molar refractivity (Wildman–Crippen MR) is 77.6 cm³/mol. The van der Waals surface area contributed by atoms with E-state index in [9.17, 15) is 4.79 Å². The number of rotatable bonds is 4. The highest BCUT2D eigenvalue weighted by Gasteiger charge is 2.14. The summed E-state index contributed by atoms with van der Waals surface area (Å²) in [5.74, 6) is 1.56. The summed E-state index contributed by atoms with van der Waals surface area (Å²) in [4.78, 5) is 16.3. The first kappa shape index (κ1) is 13.1.